The fourth-order valence-corrected chi connectivity index (χ4v) is 3.63. The number of allylic oxidation sites excluding steroid dienone is 1. The van der Waals surface area contributed by atoms with Gasteiger partial charge in [0.2, 0.25) is 0 Å². The van der Waals surface area contributed by atoms with E-state index >= 15 is 0 Å². The van der Waals surface area contributed by atoms with Gasteiger partial charge in [0.05, 0.1) is 17.4 Å². The molecule has 2 saturated carbocycles. The van der Waals surface area contributed by atoms with E-state index in [9.17, 15) is 4.79 Å². The lowest BCUT2D eigenvalue weighted by molar-refractivity contribution is -0.155. The number of fused-ring (bicyclic) bond motifs is 2. The van der Waals surface area contributed by atoms with Gasteiger partial charge in [-0.2, -0.15) is 0 Å². The fourth-order valence-electron chi connectivity index (χ4n) is 3.55. The molecule has 0 radical (unpaired) electrons. The molecule has 0 saturated heterocycles. The molecule has 0 N–H and O–H groups in total. The van der Waals surface area contributed by atoms with Gasteiger partial charge in [0.1, 0.15) is 0 Å². The molecule has 0 aromatic heterocycles. The third-order valence-corrected chi connectivity index (χ3v) is 5.33. The number of ether oxygens (including phenoxy) is 1. The lowest BCUT2D eigenvalue weighted by atomic mass is 9.81. The largest absolute Gasteiger partial charge is 0.465 e. The number of rotatable bonds is 5. The number of hydrogen-bond acceptors (Lipinski definition) is 2. The molecule has 3 heteroatoms. The summed E-state index contributed by atoms with van der Waals surface area (Å²) in [6, 6.07) is 0. The van der Waals surface area contributed by atoms with Crippen molar-refractivity contribution in [1.29, 1.82) is 0 Å². The zero-order valence-corrected chi connectivity index (χ0v) is 12.1. The van der Waals surface area contributed by atoms with Crippen LogP contribution in [0.25, 0.3) is 0 Å². The first-order chi connectivity index (χ1) is 8.44. The predicted octanol–water partition coefficient (Wildman–Crippen LogP) is 3.93. The summed E-state index contributed by atoms with van der Waals surface area (Å²) < 4.78 is 5.45. The summed E-state index contributed by atoms with van der Waals surface area (Å²) in [6.45, 7) is 8.38. The highest BCUT2D eigenvalue weighted by molar-refractivity contribution is 6.22. The van der Waals surface area contributed by atoms with Crippen molar-refractivity contribution < 1.29 is 9.53 Å². The van der Waals surface area contributed by atoms with E-state index in [1.165, 1.54) is 6.42 Å². The van der Waals surface area contributed by atoms with E-state index in [-0.39, 0.29) is 16.8 Å². The van der Waals surface area contributed by atoms with Gasteiger partial charge in [-0.05, 0) is 44.4 Å². The van der Waals surface area contributed by atoms with Crippen LogP contribution in [0, 0.1) is 17.3 Å². The Bertz CT molecular complexity index is 348. The van der Waals surface area contributed by atoms with Crippen LogP contribution in [0.2, 0.25) is 0 Å². The van der Waals surface area contributed by atoms with Gasteiger partial charge in [0.25, 0.3) is 0 Å². The number of hydrogen-bond donors (Lipinski definition) is 0. The molecule has 0 heterocycles. The number of carbonyl (C=O) groups is 1. The maximum atomic E-state index is 12.2. The average Bonchev–Trinajstić information content (AvgIpc) is 2.86. The second kappa shape index (κ2) is 5.24. The molecule has 2 nitrogen and oxygen atoms in total. The molecule has 4 unspecified atom stereocenters. The molecule has 2 bridgehead atoms. The zero-order valence-electron chi connectivity index (χ0n) is 11.4. The lowest BCUT2D eigenvalue weighted by Crippen LogP contribution is -2.30. The van der Waals surface area contributed by atoms with Crippen LogP contribution in [0.1, 0.15) is 46.0 Å². The van der Waals surface area contributed by atoms with Gasteiger partial charge < -0.3 is 4.74 Å². The predicted molar refractivity (Wildman–Crippen MR) is 73.6 cm³/mol. The van der Waals surface area contributed by atoms with Crippen LogP contribution in [0.3, 0.4) is 0 Å². The molecule has 4 atom stereocenters. The number of halogens is 1. The van der Waals surface area contributed by atoms with Crippen molar-refractivity contribution in [2.75, 3.05) is 6.61 Å². The first-order valence-corrected chi connectivity index (χ1v) is 7.35. The van der Waals surface area contributed by atoms with Crippen LogP contribution in [-0.4, -0.2) is 18.0 Å². The summed E-state index contributed by atoms with van der Waals surface area (Å²) in [7, 11) is 0. The van der Waals surface area contributed by atoms with Crippen molar-refractivity contribution in [2.24, 2.45) is 17.3 Å². The Hall–Kier alpha value is -0.500. The third kappa shape index (κ3) is 2.59. The fraction of sp³-hybridized carbons (Fsp3) is 0.800. The van der Waals surface area contributed by atoms with E-state index in [1.54, 1.807) is 0 Å². The highest BCUT2D eigenvalue weighted by atomic mass is 35.5. The Labute approximate surface area is 115 Å². The number of esters is 1. The standard InChI is InChI=1S/C15H23ClO2/c1-10(2)13(16)5-7-18-14(17)15-6-4-12(9-15)11(3)8-15/h11-13H,1,4-9H2,2-3H3. The minimum Gasteiger partial charge on any atom is -0.465 e. The van der Waals surface area contributed by atoms with E-state index in [0.717, 1.165) is 30.8 Å². The van der Waals surface area contributed by atoms with Crippen molar-refractivity contribution in [3.63, 3.8) is 0 Å². The monoisotopic (exact) mass is 270 g/mol. The zero-order chi connectivity index (χ0) is 13.3. The van der Waals surface area contributed by atoms with Crippen LogP contribution < -0.4 is 0 Å². The minimum absolute atomic E-state index is 0.0138. The first-order valence-electron chi connectivity index (χ1n) is 6.91. The van der Waals surface area contributed by atoms with E-state index < -0.39 is 0 Å². The molecular weight excluding hydrogens is 248 g/mol. The molecule has 0 aliphatic heterocycles. The van der Waals surface area contributed by atoms with Crippen molar-refractivity contribution >= 4 is 17.6 Å². The SMILES string of the molecule is C=C(C)C(Cl)CCOC(=O)C12CCC(C1)C(C)C2. The van der Waals surface area contributed by atoms with Gasteiger partial charge >= 0.3 is 5.97 Å². The molecule has 0 spiro atoms. The summed E-state index contributed by atoms with van der Waals surface area (Å²) in [4.78, 5) is 12.2. The van der Waals surface area contributed by atoms with Gasteiger partial charge in [-0.15, -0.1) is 11.6 Å². The highest BCUT2D eigenvalue weighted by Crippen LogP contribution is 2.57. The summed E-state index contributed by atoms with van der Waals surface area (Å²) in [5, 5.41) is -0.0888. The maximum absolute atomic E-state index is 12.2. The normalized spacial score (nSPS) is 35.5. The van der Waals surface area contributed by atoms with Crippen molar-refractivity contribution in [3.05, 3.63) is 12.2 Å². The van der Waals surface area contributed by atoms with Crippen LogP contribution in [0.5, 0.6) is 0 Å². The van der Waals surface area contributed by atoms with E-state index in [1.807, 2.05) is 6.92 Å². The Balaban J connectivity index is 1.80. The van der Waals surface area contributed by atoms with E-state index in [2.05, 4.69) is 13.5 Å². The Morgan fingerprint density at radius 1 is 1.56 bits per heavy atom. The van der Waals surface area contributed by atoms with Gasteiger partial charge in [-0.25, -0.2) is 0 Å². The minimum atomic E-state index is -0.158. The van der Waals surface area contributed by atoms with Crippen LogP contribution >= 0.6 is 11.6 Å². The van der Waals surface area contributed by atoms with Crippen molar-refractivity contribution in [1.82, 2.24) is 0 Å². The summed E-state index contributed by atoms with van der Waals surface area (Å²) in [5.74, 6) is 1.44. The average molecular weight is 271 g/mol. The second-order valence-electron chi connectivity index (χ2n) is 6.20. The molecule has 2 aliphatic rings. The topological polar surface area (TPSA) is 26.3 Å². The molecule has 0 aromatic carbocycles. The summed E-state index contributed by atoms with van der Waals surface area (Å²) in [6.07, 6.45) is 4.93. The molecule has 102 valence electrons. The summed E-state index contributed by atoms with van der Waals surface area (Å²) in [5.41, 5.74) is 0.774. The first kappa shape index (κ1) is 13.9. The number of alkyl halides is 1. The van der Waals surface area contributed by atoms with Gasteiger partial charge in [0, 0.05) is 6.42 Å². The molecule has 0 amide bonds. The molecule has 18 heavy (non-hydrogen) atoms. The molecule has 2 rings (SSSR count). The van der Waals surface area contributed by atoms with Gasteiger partial charge in [-0.3, -0.25) is 4.79 Å². The van der Waals surface area contributed by atoms with Crippen molar-refractivity contribution in [2.45, 2.75) is 51.3 Å². The Kier molecular flexibility index (Phi) is 4.05. The molecular formula is C15H23ClO2. The molecule has 2 fully saturated rings. The highest BCUT2D eigenvalue weighted by Gasteiger charge is 2.54. The number of carbonyl (C=O) groups excluding carboxylic acids is 1. The van der Waals surface area contributed by atoms with Gasteiger partial charge in [0.15, 0.2) is 0 Å². The van der Waals surface area contributed by atoms with E-state index in [0.29, 0.717) is 18.9 Å². The second-order valence-corrected chi connectivity index (χ2v) is 6.73. The Morgan fingerprint density at radius 2 is 2.28 bits per heavy atom. The lowest BCUT2D eigenvalue weighted by Gasteiger charge is -2.26. The third-order valence-electron chi connectivity index (χ3n) is 4.74. The molecule has 2 aliphatic carbocycles. The van der Waals surface area contributed by atoms with Crippen LogP contribution in [-0.2, 0) is 9.53 Å². The maximum Gasteiger partial charge on any atom is 0.312 e. The molecule has 0 aromatic rings. The van der Waals surface area contributed by atoms with Gasteiger partial charge in [-0.1, -0.05) is 19.1 Å². The van der Waals surface area contributed by atoms with Crippen LogP contribution in [0.15, 0.2) is 12.2 Å². The Morgan fingerprint density at radius 3 is 2.78 bits per heavy atom. The van der Waals surface area contributed by atoms with Crippen LogP contribution in [0.4, 0.5) is 0 Å². The quantitative estimate of drug-likeness (QED) is 0.430. The van der Waals surface area contributed by atoms with Crippen molar-refractivity contribution in [3.8, 4) is 0 Å². The summed E-state index contributed by atoms with van der Waals surface area (Å²) >= 11 is 6.07. The smallest absolute Gasteiger partial charge is 0.312 e. The van der Waals surface area contributed by atoms with E-state index in [4.69, 9.17) is 16.3 Å².